The van der Waals surface area contributed by atoms with Gasteiger partial charge >= 0.3 is 0 Å². The Morgan fingerprint density at radius 3 is 2.53 bits per heavy atom. The number of nitrogens with zero attached hydrogens (tertiary/aromatic N) is 1. The van der Waals surface area contributed by atoms with Gasteiger partial charge in [0, 0.05) is 31.7 Å². The summed E-state index contributed by atoms with van der Waals surface area (Å²) in [5.41, 5.74) is 0.559. The second-order valence-electron chi connectivity index (χ2n) is 7.39. The average molecular weight is 452 g/mol. The molecule has 0 bridgehead atoms. The molecule has 0 radical (unpaired) electrons. The highest BCUT2D eigenvalue weighted by molar-refractivity contribution is 7.92. The van der Waals surface area contributed by atoms with Crippen LogP contribution in [0.25, 0.3) is 0 Å². The first kappa shape index (κ1) is 22.6. The fraction of sp³-hybridized carbons (Fsp3) is 0.381. The summed E-state index contributed by atoms with van der Waals surface area (Å²) in [6, 6.07) is 12.5. The van der Waals surface area contributed by atoms with Gasteiger partial charge < -0.3 is 10.1 Å². The van der Waals surface area contributed by atoms with Gasteiger partial charge in [-0.25, -0.2) is 8.42 Å². The first-order valence-corrected chi connectivity index (χ1v) is 11.6. The molecule has 3 rings (SSSR count). The maximum absolute atomic E-state index is 12.7. The number of anilines is 1. The number of ether oxygens (including phenoxy) is 1. The van der Waals surface area contributed by atoms with Crippen molar-refractivity contribution in [3.63, 3.8) is 0 Å². The molecule has 2 aromatic rings. The Balaban J connectivity index is 1.61. The highest BCUT2D eigenvalue weighted by atomic mass is 35.5. The Kier molecular flexibility index (Phi) is 7.36. The summed E-state index contributed by atoms with van der Waals surface area (Å²) >= 11 is 6.04. The molecule has 9 heteroatoms. The Morgan fingerprint density at radius 2 is 1.83 bits per heavy atom. The topological polar surface area (TPSA) is 87.7 Å². The summed E-state index contributed by atoms with van der Waals surface area (Å²) in [6.45, 7) is 6.87. The molecule has 1 heterocycles. The van der Waals surface area contributed by atoms with Crippen molar-refractivity contribution in [3.05, 3.63) is 59.1 Å². The number of hydrogen-bond donors (Lipinski definition) is 2. The van der Waals surface area contributed by atoms with Gasteiger partial charge in [0.15, 0.2) is 0 Å². The molecule has 2 unspecified atom stereocenters. The fourth-order valence-corrected chi connectivity index (χ4v) is 4.81. The van der Waals surface area contributed by atoms with Crippen molar-refractivity contribution >= 4 is 33.2 Å². The van der Waals surface area contributed by atoms with Crippen molar-refractivity contribution < 1.29 is 17.9 Å². The molecular formula is C21H26ClN3O4S. The molecule has 2 aromatic carbocycles. The molecule has 162 valence electrons. The van der Waals surface area contributed by atoms with Gasteiger partial charge in [-0.05, 0) is 44.2 Å². The average Bonchev–Trinajstić information content (AvgIpc) is 2.69. The number of sulfonamides is 1. The monoisotopic (exact) mass is 451 g/mol. The fourth-order valence-electron chi connectivity index (χ4n) is 3.45. The van der Waals surface area contributed by atoms with Crippen molar-refractivity contribution in [2.24, 2.45) is 0 Å². The van der Waals surface area contributed by atoms with Crippen molar-refractivity contribution in [3.8, 4) is 0 Å². The zero-order valence-corrected chi connectivity index (χ0v) is 18.5. The smallest absolute Gasteiger partial charge is 0.261 e. The van der Waals surface area contributed by atoms with Crippen molar-refractivity contribution in [2.45, 2.75) is 31.0 Å². The van der Waals surface area contributed by atoms with Crippen LogP contribution in [0.3, 0.4) is 0 Å². The summed E-state index contributed by atoms with van der Waals surface area (Å²) < 4.78 is 33.5. The highest BCUT2D eigenvalue weighted by Crippen LogP contribution is 2.24. The lowest BCUT2D eigenvalue weighted by molar-refractivity contribution is -0.0672. The third-order valence-electron chi connectivity index (χ3n) is 4.73. The van der Waals surface area contributed by atoms with E-state index in [1.165, 1.54) is 12.1 Å². The van der Waals surface area contributed by atoms with Crippen LogP contribution in [0.4, 0.5) is 5.69 Å². The van der Waals surface area contributed by atoms with Crippen LogP contribution in [0.2, 0.25) is 5.02 Å². The standard InChI is InChI=1S/C21H26ClN3O4S/c1-15-13-25(14-16(2)29-15)11-10-23-21(26)17-6-5-7-18(12-17)30(27,28)24-20-9-4-3-8-19(20)22/h3-9,12,15-16,24H,10-11,13-14H2,1-2H3,(H,23,26). The van der Waals surface area contributed by atoms with Gasteiger partial charge in [0.25, 0.3) is 15.9 Å². The number of benzene rings is 2. The normalized spacial score (nSPS) is 20.0. The Hall–Kier alpha value is -2.13. The Labute approximate surface area is 182 Å². The molecule has 1 amide bonds. The zero-order chi connectivity index (χ0) is 21.7. The van der Waals surface area contributed by atoms with Crippen LogP contribution in [-0.2, 0) is 14.8 Å². The van der Waals surface area contributed by atoms with Crippen LogP contribution in [-0.4, -0.2) is 57.6 Å². The van der Waals surface area contributed by atoms with Crippen LogP contribution < -0.4 is 10.0 Å². The van der Waals surface area contributed by atoms with Gasteiger partial charge in [-0.3, -0.25) is 14.4 Å². The molecule has 30 heavy (non-hydrogen) atoms. The molecule has 2 N–H and O–H groups in total. The van der Waals surface area contributed by atoms with Crippen molar-refractivity contribution in [1.82, 2.24) is 10.2 Å². The number of amides is 1. The molecule has 0 saturated carbocycles. The molecular weight excluding hydrogens is 426 g/mol. The quantitative estimate of drug-likeness (QED) is 0.675. The van der Waals surface area contributed by atoms with Crippen LogP contribution in [0, 0.1) is 0 Å². The number of nitrogens with one attached hydrogen (secondary N) is 2. The summed E-state index contributed by atoms with van der Waals surface area (Å²) in [6.07, 6.45) is 0.328. The van der Waals surface area contributed by atoms with E-state index in [1.807, 2.05) is 13.8 Å². The van der Waals surface area contributed by atoms with E-state index in [0.29, 0.717) is 18.1 Å². The maximum atomic E-state index is 12.7. The number of rotatable bonds is 7. The molecule has 2 atom stereocenters. The molecule has 1 saturated heterocycles. The van der Waals surface area contributed by atoms with E-state index in [9.17, 15) is 13.2 Å². The van der Waals surface area contributed by atoms with Crippen LogP contribution in [0.15, 0.2) is 53.4 Å². The largest absolute Gasteiger partial charge is 0.373 e. The second kappa shape index (κ2) is 9.78. The molecule has 0 spiro atoms. The molecule has 1 aliphatic heterocycles. The summed E-state index contributed by atoms with van der Waals surface area (Å²) in [4.78, 5) is 14.8. The molecule has 1 aliphatic rings. The van der Waals surface area contributed by atoms with Gasteiger partial charge in [0.1, 0.15) is 0 Å². The number of hydrogen-bond acceptors (Lipinski definition) is 5. The highest BCUT2D eigenvalue weighted by Gasteiger charge is 2.22. The number of para-hydroxylation sites is 1. The SMILES string of the molecule is CC1CN(CCNC(=O)c2cccc(S(=O)(=O)Nc3ccccc3Cl)c2)CC(C)O1. The lowest BCUT2D eigenvalue weighted by Gasteiger charge is -2.35. The van der Waals surface area contributed by atoms with Crippen molar-refractivity contribution in [1.29, 1.82) is 0 Å². The summed E-state index contributed by atoms with van der Waals surface area (Å²) in [7, 11) is -3.88. The van der Waals surface area contributed by atoms with E-state index in [2.05, 4.69) is 14.9 Å². The van der Waals surface area contributed by atoms with E-state index < -0.39 is 10.0 Å². The first-order chi connectivity index (χ1) is 14.2. The van der Waals surface area contributed by atoms with E-state index in [0.717, 1.165) is 13.1 Å². The third kappa shape index (κ3) is 5.95. The summed E-state index contributed by atoms with van der Waals surface area (Å²) in [5.74, 6) is -0.320. The molecule has 7 nitrogen and oxygen atoms in total. The van der Waals surface area contributed by atoms with Crippen molar-refractivity contribution in [2.75, 3.05) is 30.9 Å². The van der Waals surface area contributed by atoms with Crippen LogP contribution in [0.5, 0.6) is 0 Å². The predicted octanol–water partition coefficient (Wildman–Crippen LogP) is 2.98. The second-order valence-corrected chi connectivity index (χ2v) is 9.48. The minimum Gasteiger partial charge on any atom is -0.373 e. The first-order valence-electron chi connectivity index (χ1n) is 9.78. The van der Waals surface area contributed by atoms with Gasteiger partial charge in [0.2, 0.25) is 0 Å². The predicted molar refractivity (Wildman–Crippen MR) is 117 cm³/mol. The lowest BCUT2D eigenvalue weighted by atomic mass is 10.2. The van der Waals surface area contributed by atoms with Gasteiger partial charge in [0.05, 0.1) is 27.8 Å². The van der Waals surface area contributed by atoms with Crippen LogP contribution >= 0.6 is 11.6 Å². The minimum absolute atomic E-state index is 0.00843. The van der Waals surface area contributed by atoms with Gasteiger partial charge in [-0.2, -0.15) is 0 Å². The minimum atomic E-state index is -3.88. The molecule has 1 fully saturated rings. The van der Waals surface area contributed by atoms with E-state index in [1.54, 1.807) is 36.4 Å². The molecule has 0 aromatic heterocycles. The number of morpholine rings is 1. The maximum Gasteiger partial charge on any atom is 0.261 e. The Bertz CT molecular complexity index is 989. The van der Waals surface area contributed by atoms with Crippen LogP contribution in [0.1, 0.15) is 24.2 Å². The number of carbonyl (C=O) groups excluding carboxylic acids is 1. The number of carbonyl (C=O) groups is 1. The van der Waals surface area contributed by atoms with E-state index in [4.69, 9.17) is 16.3 Å². The lowest BCUT2D eigenvalue weighted by Crippen LogP contribution is -2.47. The third-order valence-corrected chi connectivity index (χ3v) is 6.43. The summed E-state index contributed by atoms with van der Waals surface area (Å²) in [5, 5.41) is 3.15. The van der Waals surface area contributed by atoms with Gasteiger partial charge in [-0.15, -0.1) is 0 Å². The zero-order valence-electron chi connectivity index (χ0n) is 17.0. The van der Waals surface area contributed by atoms with E-state index in [-0.39, 0.29) is 34.3 Å². The Morgan fingerprint density at radius 1 is 1.13 bits per heavy atom. The number of halogens is 1. The van der Waals surface area contributed by atoms with E-state index >= 15 is 0 Å². The molecule has 0 aliphatic carbocycles. The van der Waals surface area contributed by atoms with Gasteiger partial charge in [-0.1, -0.05) is 29.8 Å².